The summed E-state index contributed by atoms with van der Waals surface area (Å²) in [6.45, 7) is 5.46. The van der Waals surface area contributed by atoms with Crippen LogP contribution in [0.15, 0.2) is 6.20 Å². The fourth-order valence-electron chi connectivity index (χ4n) is 2.54. The molecule has 1 amide bonds. The van der Waals surface area contributed by atoms with E-state index in [0.717, 1.165) is 31.6 Å². The van der Waals surface area contributed by atoms with Crippen LogP contribution in [-0.2, 0) is 9.53 Å². The average molecular weight is 251 g/mol. The molecule has 1 aliphatic heterocycles. The Balaban J connectivity index is 1.92. The lowest BCUT2D eigenvalue weighted by Gasteiger charge is -2.33. The van der Waals surface area contributed by atoms with Crippen molar-refractivity contribution in [2.24, 2.45) is 0 Å². The van der Waals surface area contributed by atoms with Crippen molar-refractivity contribution in [2.75, 3.05) is 20.2 Å². The molecule has 100 valence electrons. The molecule has 1 fully saturated rings. The van der Waals surface area contributed by atoms with Gasteiger partial charge in [-0.3, -0.25) is 9.89 Å². The summed E-state index contributed by atoms with van der Waals surface area (Å²) in [5, 5.41) is 7.04. The fraction of sp³-hybridized carbons (Fsp3) is 0.692. The lowest BCUT2D eigenvalue weighted by atomic mass is 9.90. The van der Waals surface area contributed by atoms with E-state index >= 15 is 0 Å². The van der Waals surface area contributed by atoms with Crippen LogP contribution in [0.2, 0.25) is 0 Å². The first kappa shape index (κ1) is 13.1. The quantitative estimate of drug-likeness (QED) is 0.884. The van der Waals surface area contributed by atoms with Gasteiger partial charge in [0.2, 0.25) is 0 Å². The number of likely N-dealkylation sites (tertiary alicyclic amines) is 1. The van der Waals surface area contributed by atoms with Gasteiger partial charge in [0.15, 0.2) is 0 Å². The van der Waals surface area contributed by atoms with Crippen LogP contribution in [0, 0.1) is 6.92 Å². The number of carbonyl (C=O) groups excluding carboxylic acids is 1. The third-order valence-corrected chi connectivity index (χ3v) is 3.82. The molecule has 0 aliphatic carbocycles. The van der Waals surface area contributed by atoms with Crippen molar-refractivity contribution in [3.8, 4) is 0 Å². The third kappa shape index (κ3) is 2.56. The molecule has 0 bridgehead atoms. The molecule has 0 spiro atoms. The lowest BCUT2D eigenvalue weighted by molar-refractivity contribution is -0.142. The van der Waals surface area contributed by atoms with Gasteiger partial charge in [0, 0.05) is 25.9 Å². The highest BCUT2D eigenvalue weighted by Gasteiger charge is 2.27. The SMILES string of the molecule is COC(C)C(=O)N1CCC(c2cn[nH]c2C)CC1. The number of amides is 1. The molecular weight excluding hydrogens is 230 g/mol. The van der Waals surface area contributed by atoms with Crippen LogP contribution in [0.1, 0.15) is 36.9 Å². The molecule has 1 saturated heterocycles. The maximum absolute atomic E-state index is 12.0. The number of nitrogens with one attached hydrogen (secondary N) is 1. The van der Waals surface area contributed by atoms with Gasteiger partial charge in [0.1, 0.15) is 6.10 Å². The molecule has 5 heteroatoms. The Morgan fingerprint density at radius 1 is 1.56 bits per heavy atom. The van der Waals surface area contributed by atoms with Gasteiger partial charge in [-0.1, -0.05) is 0 Å². The Morgan fingerprint density at radius 3 is 2.72 bits per heavy atom. The summed E-state index contributed by atoms with van der Waals surface area (Å²) in [7, 11) is 1.57. The van der Waals surface area contributed by atoms with Gasteiger partial charge in [-0.2, -0.15) is 5.10 Å². The van der Waals surface area contributed by atoms with E-state index in [9.17, 15) is 4.79 Å². The molecule has 5 nitrogen and oxygen atoms in total. The number of rotatable bonds is 3. The van der Waals surface area contributed by atoms with Crippen molar-refractivity contribution in [1.82, 2.24) is 15.1 Å². The Morgan fingerprint density at radius 2 is 2.22 bits per heavy atom. The first-order valence-corrected chi connectivity index (χ1v) is 6.45. The number of ether oxygens (including phenoxy) is 1. The van der Waals surface area contributed by atoms with E-state index in [0.29, 0.717) is 5.92 Å². The molecule has 1 aliphatic rings. The first-order chi connectivity index (χ1) is 8.63. The molecule has 2 rings (SSSR count). The molecule has 0 radical (unpaired) electrons. The molecular formula is C13H21N3O2. The summed E-state index contributed by atoms with van der Waals surface area (Å²) in [6.07, 6.45) is 3.58. The van der Waals surface area contributed by atoms with Crippen molar-refractivity contribution < 1.29 is 9.53 Å². The van der Waals surface area contributed by atoms with Gasteiger partial charge in [0.05, 0.1) is 6.20 Å². The number of H-pyrrole nitrogens is 1. The molecule has 1 aromatic heterocycles. The van der Waals surface area contributed by atoms with Crippen molar-refractivity contribution in [3.63, 3.8) is 0 Å². The van der Waals surface area contributed by atoms with E-state index in [1.165, 1.54) is 5.56 Å². The van der Waals surface area contributed by atoms with E-state index in [2.05, 4.69) is 10.2 Å². The Hall–Kier alpha value is -1.36. The predicted molar refractivity (Wildman–Crippen MR) is 68.4 cm³/mol. The van der Waals surface area contributed by atoms with Crippen molar-refractivity contribution >= 4 is 5.91 Å². The zero-order valence-corrected chi connectivity index (χ0v) is 11.3. The predicted octanol–water partition coefficient (Wildman–Crippen LogP) is 1.46. The summed E-state index contributed by atoms with van der Waals surface area (Å²) < 4.78 is 5.08. The number of aryl methyl sites for hydroxylation is 1. The summed E-state index contributed by atoms with van der Waals surface area (Å²) in [4.78, 5) is 13.9. The highest BCUT2D eigenvalue weighted by atomic mass is 16.5. The number of hydrogen-bond acceptors (Lipinski definition) is 3. The zero-order chi connectivity index (χ0) is 13.1. The Bertz CT molecular complexity index is 408. The van der Waals surface area contributed by atoms with Crippen LogP contribution in [-0.4, -0.2) is 47.3 Å². The number of aromatic nitrogens is 2. The second-order valence-electron chi connectivity index (χ2n) is 4.93. The number of piperidine rings is 1. The molecule has 2 heterocycles. The standard InChI is InChI=1S/C13H21N3O2/c1-9-12(8-14-15-9)11-4-6-16(7-5-11)13(17)10(2)18-3/h8,10-11H,4-7H2,1-3H3,(H,14,15). The molecule has 1 N–H and O–H groups in total. The highest BCUT2D eigenvalue weighted by molar-refractivity contribution is 5.80. The summed E-state index contributed by atoms with van der Waals surface area (Å²) in [6, 6.07) is 0. The first-order valence-electron chi connectivity index (χ1n) is 6.45. The topological polar surface area (TPSA) is 58.2 Å². The number of carbonyl (C=O) groups is 1. The van der Waals surface area contributed by atoms with E-state index in [-0.39, 0.29) is 12.0 Å². The molecule has 0 aromatic carbocycles. The highest BCUT2D eigenvalue weighted by Crippen LogP contribution is 2.29. The number of methoxy groups -OCH3 is 1. The van der Waals surface area contributed by atoms with Gasteiger partial charge in [-0.05, 0) is 38.2 Å². The minimum absolute atomic E-state index is 0.0971. The van der Waals surface area contributed by atoms with E-state index in [1.807, 2.05) is 18.0 Å². The van der Waals surface area contributed by atoms with E-state index in [4.69, 9.17) is 4.74 Å². The third-order valence-electron chi connectivity index (χ3n) is 3.82. The summed E-state index contributed by atoms with van der Waals surface area (Å²) in [5.41, 5.74) is 2.44. The van der Waals surface area contributed by atoms with Gasteiger partial charge >= 0.3 is 0 Å². The minimum Gasteiger partial charge on any atom is -0.372 e. The maximum atomic E-state index is 12.0. The second-order valence-corrected chi connectivity index (χ2v) is 4.93. The minimum atomic E-state index is -0.336. The van der Waals surface area contributed by atoms with E-state index in [1.54, 1.807) is 14.0 Å². The Kier molecular flexibility index (Phi) is 4.01. The molecule has 1 atom stereocenters. The zero-order valence-electron chi connectivity index (χ0n) is 11.3. The van der Waals surface area contributed by atoms with Gasteiger partial charge < -0.3 is 9.64 Å². The summed E-state index contributed by atoms with van der Waals surface area (Å²) >= 11 is 0. The van der Waals surface area contributed by atoms with Crippen LogP contribution >= 0.6 is 0 Å². The molecule has 18 heavy (non-hydrogen) atoms. The van der Waals surface area contributed by atoms with Crippen LogP contribution in [0.4, 0.5) is 0 Å². The summed E-state index contributed by atoms with van der Waals surface area (Å²) in [5.74, 6) is 0.616. The average Bonchev–Trinajstić information content (AvgIpc) is 2.83. The van der Waals surface area contributed by atoms with Crippen LogP contribution in [0.3, 0.4) is 0 Å². The lowest BCUT2D eigenvalue weighted by Crippen LogP contribution is -2.43. The molecule has 1 aromatic rings. The van der Waals surface area contributed by atoms with Crippen molar-refractivity contribution in [3.05, 3.63) is 17.5 Å². The van der Waals surface area contributed by atoms with Gasteiger partial charge in [0.25, 0.3) is 5.91 Å². The van der Waals surface area contributed by atoms with Crippen LogP contribution < -0.4 is 0 Å². The number of hydrogen-bond donors (Lipinski definition) is 1. The number of aromatic amines is 1. The number of nitrogens with zero attached hydrogens (tertiary/aromatic N) is 2. The monoisotopic (exact) mass is 251 g/mol. The normalized spacial score (nSPS) is 18.9. The smallest absolute Gasteiger partial charge is 0.251 e. The van der Waals surface area contributed by atoms with Gasteiger partial charge in [-0.15, -0.1) is 0 Å². The van der Waals surface area contributed by atoms with Crippen molar-refractivity contribution in [2.45, 2.75) is 38.7 Å². The van der Waals surface area contributed by atoms with Crippen LogP contribution in [0.5, 0.6) is 0 Å². The Labute approximate surface area is 108 Å². The fourth-order valence-corrected chi connectivity index (χ4v) is 2.54. The van der Waals surface area contributed by atoms with Gasteiger partial charge in [-0.25, -0.2) is 0 Å². The maximum Gasteiger partial charge on any atom is 0.251 e. The largest absolute Gasteiger partial charge is 0.372 e. The van der Waals surface area contributed by atoms with E-state index < -0.39 is 0 Å². The van der Waals surface area contributed by atoms with Crippen LogP contribution in [0.25, 0.3) is 0 Å². The molecule has 0 saturated carbocycles. The molecule has 1 unspecified atom stereocenters. The second kappa shape index (κ2) is 5.52. The van der Waals surface area contributed by atoms with Crippen molar-refractivity contribution in [1.29, 1.82) is 0 Å².